The third kappa shape index (κ3) is 3.79. The van der Waals surface area contributed by atoms with E-state index in [4.69, 9.17) is 4.74 Å². The highest BCUT2D eigenvalue weighted by Gasteiger charge is 2.20. The molecule has 0 bridgehead atoms. The second-order valence-corrected chi connectivity index (χ2v) is 5.27. The van der Waals surface area contributed by atoms with Crippen molar-refractivity contribution >= 4 is 15.9 Å². The number of aromatic nitrogens is 2. The van der Waals surface area contributed by atoms with E-state index in [0.29, 0.717) is 18.4 Å². The molecule has 4 nitrogen and oxygen atoms in total. The lowest BCUT2D eigenvalue weighted by Gasteiger charge is -2.21. The molecule has 5 heteroatoms. The molecule has 98 valence electrons. The topological polar surface area (TPSA) is 39.1 Å². The largest absolute Gasteiger partial charge is 0.383 e. The fourth-order valence-electron chi connectivity index (χ4n) is 1.95. The zero-order chi connectivity index (χ0) is 12.8. The lowest BCUT2D eigenvalue weighted by molar-refractivity contribution is 0.181. The number of nitrogens with one attached hydrogen (secondary N) is 1. The summed E-state index contributed by atoms with van der Waals surface area (Å²) < 4.78 is 8.23. The number of halogens is 1. The average molecular weight is 304 g/mol. The Kier molecular flexibility index (Phi) is 6.16. The second-order valence-electron chi connectivity index (χ2n) is 4.42. The smallest absolute Gasteiger partial charge is 0.0658 e. The van der Waals surface area contributed by atoms with Crippen LogP contribution in [0.1, 0.15) is 25.5 Å². The Bertz CT molecular complexity index is 340. The molecule has 0 saturated carbocycles. The molecule has 1 N–H and O–H groups in total. The van der Waals surface area contributed by atoms with Crippen LogP contribution in [0.2, 0.25) is 0 Å². The zero-order valence-corrected chi connectivity index (χ0v) is 12.6. The van der Waals surface area contributed by atoms with Crippen LogP contribution in [0.15, 0.2) is 10.7 Å². The van der Waals surface area contributed by atoms with E-state index in [1.165, 1.54) is 5.69 Å². The first-order valence-electron chi connectivity index (χ1n) is 5.96. The molecule has 2 unspecified atom stereocenters. The van der Waals surface area contributed by atoms with Crippen molar-refractivity contribution < 1.29 is 4.74 Å². The van der Waals surface area contributed by atoms with E-state index in [9.17, 15) is 0 Å². The quantitative estimate of drug-likeness (QED) is 0.840. The lowest BCUT2D eigenvalue weighted by Crippen LogP contribution is -2.23. The minimum absolute atomic E-state index is 0.455. The van der Waals surface area contributed by atoms with E-state index >= 15 is 0 Å². The summed E-state index contributed by atoms with van der Waals surface area (Å²) in [6, 6.07) is 0. The average Bonchev–Trinajstić information content (AvgIpc) is 2.67. The van der Waals surface area contributed by atoms with Gasteiger partial charge in [-0.3, -0.25) is 4.68 Å². The SMILES string of the molecule is CNCC(C)C(C)c1c(Br)cnn1CCOC. The lowest BCUT2D eigenvalue weighted by atomic mass is 9.92. The molecular weight excluding hydrogens is 282 g/mol. The van der Waals surface area contributed by atoms with Gasteiger partial charge in [0.2, 0.25) is 0 Å². The molecule has 0 amide bonds. The van der Waals surface area contributed by atoms with Gasteiger partial charge in [0.25, 0.3) is 0 Å². The van der Waals surface area contributed by atoms with Crippen LogP contribution < -0.4 is 5.32 Å². The molecule has 0 saturated heterocycles. The van der Waals surface area contributed by atoms with Gasteiger partial charge in [-0.05, 0) is 35.4 Å². The first kappa shape index (κ1) is 14.7. The van der Waals surface area contributed by atoms with Gasteiger partial charge in [0.05, 0.1) is 29.5 Å². The predicted molar refractivity (Wildman–Crippen MR) is 73.3 cm³/mol. The van der Waals surface area contributed by atoms with E-state index in [-0.39, 0.29) is 0 Å². The van der Waals surface area contributed by atoms with Crippen molar-refractivity contribution in [3.8, 4) is 0 Å². The molecule has 1 aromatic heterocycles. The van der Waals surface area contributed by atoms with Gasteiger partial charge in [0, 0.05) is 13.0 Å². The summed E-state index contributed by atoms with van der Waals surface area (Å²) in [4.78, 5) is 0. The molecule has 17 heavy (non-hydrogen) atoms. The van der Waals surface area contributed by atoms with Crippen LogP contribution in [0.4, 0.5) is 0 Å². The summed E-state index contributed by atoms with van der Waals surface area (Å²) in [5, 5.41) is 7.61. The summed E-state index contributed by atoms with van der Waals surface area (Å²) >= 11 is 3.58. The molecular formula is C12H22BrN3O. The first-order valence-corrected chi connectivity index (χ1v) is 6.75. The van der Waals surface area contributed by atoms with Gasteiger partial charge in [-0.25, -0.2) is 0 Å². The summed E-state index contributed by atoms with van der Waals surface area (Å²) in [6.07, 6.45) is 1.87. The first-order chi connectivity index (χ1) is 8.11. The van der Waals surface area contributed by atoms with Crippen molar-refractivity contribution in [2.75, 3.05) is 27.3 Å². The number of hydrogen-bond acceptors (Lipinski definition) is 3. The number of nitrogens with zero attached hydrogens (tertiary/aromatic N) is 2. The normalized spacial score (nSPS) is 14.9. The van der Waals surface area contributed by atoms with Crippen molar-refractivity contribution in [1.82, 2.24) is 15.1 Å². The maximum Gasteiger partial charge on any atom is 0.0658 e. The fourth-order valence-corrected chi connectivity index (χ4v) is 2.61. The predicted octanol–water partition coefficient (Wildman–Crippen LogP) is 2.25. The number of ether oxygens (including phenoxy) is 1. The van der Waals surface area contributed by atoms with E-state index < -0.39 is 0 Å². The molecule has 1 aromatic rings. The van der Waals surface area contributed by atoms with Crippen LogP contribution in [-0.4, -0.2) is 37.1 Å². The number of rotatable bonds is 7. The van der Waals surface area contributed by atoms with E-state index in [1.54, 1.807) is 7.11 Å². The van der Waals surface area contributed by atoms with Crippen molar-refractivity contribution in [3.63, 3.8) is 0 Å². The fraction of sp³-hybridized carbons (Fsp3) is 0.750. The number of methoxy groups -OCH3 is 1. The van der Waals surface area contributed by atoms with E-state index in [0.717, 1.165) is 17.6 Å². The molecule has 0 aliphatic heterocycles. The molecule has 0 fully saturated rings. The van der Waals surface area contributed by atoms with Gasteiger partial charge in [0.1, 0.15) is 0 Å². The Balaban J connectivity index is 2.83. The summed E-state index contributed by atoms with van der Waals surface area (Å²) in [5.74, 6) is 1.02. The third-order valence-corrected chi connectivity index (χ3v) is 3.76. The standard InChI is InChI=1S/C12H22BrN3O/c1-9(7-14-3)10(2)12-11(13)8-15-16(12)5-6-17-4/h8-10,14H,5-7H2,1-4H3. The Morgan fingerprint density at radius 2 is 2.24 bits per heavy atom. The minimum Gasteiger partial charge on any atom is -0.383 e. The maximum atomic E-state index is 5.11. The van der Waals surface area contributed by atoms with Gasteiger partial charge >= 0.3 is 0 Å². The third-order valence-electron chi connectivity index (χ3n) is 3.15. The summed E-state index contributed by atoms with van der Waals surface area (Å²) in [6.45, 7) is 6.99. The second kappa shape index (κ2) is 7.13. The molecule has 2 atom stereocenters. The van der Waals surface area contributed by atoms with E-state index in [2.05, 4.69) is 40.2 Å². The van der Waals surface area contributed by atoms with Crippen LogP contribution in [0.5, 0.6) is 0 Å². The van der Waals surface area contributed by atoms with Crippen molar-refractivity contribution in [3.05, 3.63) is 16.4 Å². The zero-order valence-electron chi connectivity index (χ0n) is 11.0. The molecule has 0 aromatic carbocycles. The Morgan fingerprint density at radius 3 is 2.82 bits per heavy atom. The molecule has 1 heterocycles. The Labute approximate surface area is 112 Å². The van der Waals surface area contributed by atoms with Crippen molar-refractivity contribution in [1.29, 1.82) is 0 Å². The van der Waals surface area contributed by atoms with Gasteiger partial charge in [-0.1, -0.05) is 13.8 Å². The Hall–Kier alpha value is -0.390. The van der Waals surface area contributed by atoms with Gasteiger partial charge in [-0.15, -0.1) is 0 Å². The maximum absolute atomic E-state index is 5.11. The summed E-state index contributed by atoms with van der Waals surface area (Å²) in [7, 11) is 3.70. The van der Waals surface area contributed by atoms with Crippen LogP contribution in [0, 0.1) is 5.92 Å². The van der Waals surface area contributed by atoms with E-state index in [1.807, 2.05) is 17.9 Å². The highest BCUT2D eigenvalue weighted by molar-refractivity contribution is 9.10. The van der Waals surface area contributed by atoms with Crippen molar-refractivity contribution in [2.45, 2.75) is 26.3 Å². The molecule has 1 rings (SSSR count). The Morgan fingerprint density at radius 1 is 1.53 bits per heavy atom. The summed E-state index contributed by atoms with van der Waals surface area (Å²) in [5.41, 5.74) is 1.25. The molecule has 0 spiro atoms. The minimum atomic E-state index is 0.455. The monoisotopic (exact) mass is 303 g/mol. The van der Waals surface area contributed by atoms with Crippen LogP contribution in [0.25, 0.3) is 0 Å². The van der Waals surface area contributed by atoms with Crippen LogP contribution >= 0.6 is 15.9 Å². The van der Waals surface area contributed by atoms with Gasteiger partial charge in [-0.2, -0.15) is 5.10 Å². The molecule has 0 radical (unpaired) electrons. The van der Waals surface area contributed by atoms with Gasteiger partial charge in [0.15, 0.2) is 0 Å². The number of hydrogen-bond donors (Lipinski definition) is 1. The van der Waals surface area contributed by atoms with Gasteiger partial charge < -0.3 is 10.1 Å². The van der Waals surface area contributed by atoms with Crippen LogP contribution in [0.3, 0.4) is 0 Å². The van der Waals surface area contributed by atoms with Crippen LogP contribution in [-0.2, 0) is 11.3 Å². The highest BCUT2D eigenvalue weighted by atomic mass is 79.9. The molecule has 0 aliphatic rings. The van der Waals surface area contributed by atoms with Crippen molar-refractivity contribution in [2.24, 2.45) is 5.92 Å². The highest BCUT2D eigenvalue weighted by Crippen LogP contribution is 2.29. The molecule has 0 aliphatic carbocycles.